The second-order valence-electron chi connectivity index (χ2n) is 7.17. The molecule has 1 saturated heterocycles. The van der Waals surface area contributed by atoms with E-state index in [1.54, 1.807) is 24.3 Å². The van der Waals surface area contributed by atoms with E-state index >= 15 is 0 Å². The molecule has 164 valence electrons. The van der Waals surface area contributed by atoms with Crippen molar-refractivity contribution in [2.75, 3.05) is 11.5 Å². The molecule has 4 rings (SSSR count). The molecule has 31 heavy (non-hydrogen) atoms. The molecular formula is C20H18F3N3O4S. The van der Waals surface area contributed by atoms with Crippen LogP contribution in [0.3, 0.4) is 0 Å². The summed E-state index contributed by atoms with van der Waals surface area (Å²) in [6.45, 7) is 0. The Kier molecular flexibility index (Phi) is 5.50. The van der Waals surface area contributed by atoms with E-state index in [-0.39, 0.29) is 29.1 Å². The lowest BCUT2D eigenvalue weighted by Crippen LogP contribution is -2.35. The first kappa shape index (κ1) is 21.3. The van der Waals surface area contributed by atoms with Gasteiger partial charge in [-0.15, -0.1) is 0 Å². The van der Waals surface area contributed by atoms with Crippen LogP contribution in [0.1, 0.15) is 22.5 Å². The van der Waals surface area contributed by atoms with Gasteiger partial charge in [0.05, 0.1) is 16.8 Å². The summed E-state index contributed by atoms with van der Waals surface area (Å²) in [5, 5.41) is 3.42. The molecule has 1 fully saturated rings. The molecular weight excluding hydrogens is 435 g/mol. The van der Waals surface area contributed by atoms with E-state index in [1.165, 1.54) is 6.07 Å². The summed E-state index contributed by atoms with van der Waals surface area (Å²) in [6.07, 6.45) is -3.27. The van der Waals surface area contributed by atoms with Gasteiger partial charge in [-0.25, -0.2) is 9.97 Å². The third-order valence-corrected chi connectivity index (χ3v) is 6.60. The first-order valence-electron chi connectivity index (χ1n) is 9.25. The van der Waals surface area contributed by atoms with Gasteiger partial charge in [0.1, 0.15) is 11.4 Å². The molecule has 1 aliphatic heterocycles. The zero-order valence-electron chi connectivity index (χ0n) is 16.0. The monoisotopic (exact) mass is 453 g/mol. The highest BCUT2D eigenvalue weighted by atomic mass is 32.3. The zero-order valence-corrected chi connectivity index (χ0v) is 16.8. The van der Waals surface area contributed by atoms with Crippen molar-refractivity contribution >= 4 is 27.4 Å². The molecule has 2 aromatic heterocycles. The summed E-state index contributed by atoms with van der Waals surface area (Å²) >= 11 is 0. The minimum absolute atomic E-state index is 0.0128. The van der Waals surface area contributed by atoms with E-state index < -0.39 is 28.2 Å². The lowest BCUT2D eigenvalue weighted by molar-refractivity contribution is -0.137. The predicted octanol–water partition coefficient (Wildman–Crippen LogP) is 4.69. The van der Waals surface area contributed by atoms with E-state index in [0.717, 1.165) is 12.1 Å². The van der Waals surface area contributed by atoms with Crippen LogP contribution in [-0.2, 0) is 6.18 Å². The predicted molar refractivity (Wildman–Crippen MR) is 110 cm³/mol. The van der Waals surface area contributed by atoms with Crippen LogP contribution in [0.4, 0.5) is 13.2 Å². The number of hydrogen-bond acceptors (Lipinski definition) is 6. The Bertz CT molecular complexity index is 1120. The van der Waals surface area contributed by atoms with Gasteiger partial charge in [-0.1, -0.05) is 6.07 Å². The molecule has 3 heterocycles. The number of fused-ring (bicyclic) bond motifs is 1. The van der Waals surface area contributed by atoms with Crippen molar-refractivity contribution in [1.82, 2.24) is 15.3 Å². The first-order valence-corrected chi connectivity index (χ1v) is 11.1. The Hall–Kier alpha value is -2.89. The highest BCUT2D eigenvalue weighted by molar-refractivity contribution is 8.24. The van der Waals surface area contributed by atoms with Crippen LogP contribution in [0.15, 0.2) is 48.7 Å². The number of ether oxygens (including phenoxy) is 1. The topological polar surface area (TPSA) is 105 Å². The molecule has 1 amide bonds. The van der Waals surface area contributed by atoms with Crippen LogP contribution in [-0.4, -0.2) is 42.5 Å². The van der Waals surface area contributed by atoms with Gasteiger partial charge in [0, 0.05) is 29.4 Å². The van der Waals surface area contributed by atoms with Crippen LogP contribution in [0, 0.1) is 0 Å². The Labute approximate surface area is 176 Å². The highest BCUT2D eigenvalue weighted by Gasteiger charge is 2.31. The van der Waals surface area contributed by atoms with Gasteiger partial charge < -0.3 is 10.1 Å². The van der Waals surface area contributed by atoms with E-state index in [1.807, 2.05) is 0 Å². The minimum atomic E-state index is -4.47. The van der Waals surface area contributed by atoms with Gasteiger partial charge in [-0.05, 0) is 36.8 Å². The number of carbonyl (C=O) groups excluding carboxylic acids is 1. The second kappa shape index (κ2) is 7.98. The standard InChI is InChI=1S/C20H18F3N3O4S/c21-20(22,23)13-2-6-18(24-10-13)30-15-3-5-16-12(9-15)1-4-17(26-16)19(27)25-14-7-8-31(28,29)11-14/h1-6,9-10,14,28-29H,7-8,11H2,(H,25,27). The van der Waals surface area contributed by atoms with Crippen molar-refractivity contribution in [1.29, 1.82) is 0 Å². The number of pyridine rings is 2. The van der Waals surface area contributed by atoms with Crippen LogP contribution < -0.4 is 10.1 Å². The molecule has 1 atom stereocenters. The molecule has 0 aliphatic carbocycles. The fraction of sp³-hybridized carbons (Fsp3) is 0.250. The summed E-state index contributed by atoms with van der Waals surface area (Å²) < 4.78 is 62.7. The Morgan fingerprint density at radius 1 is 1.16 bits per heavy atom. The third-order valence-electron chi connectivity index (χ3n) is 4.78. The maximum absolute atomic E-state index is 12.6. The summed E-state index contributed by atoms with van der Waals surface area (Å²) in [7, 11) is -2.61. The summed E-state index contributed by atoms with van der Waals surface area (Å²) in [5.74, 6) is 0.386. The van der Waals surface area contributed by atoms with E-state index in [4.69, 9.17) is 4.74 Å². The molecule has 0 spiro atoms. The van der Waals surface area contributed by atoms with Gasteiger partial charge in [-0.3, -0.25) is 13.9 Å². The fourth-order valence-electron chi connectivity index (χ4n) is 3.22. The average molecular weight is 453 g/mol. The van der Waals surface area contributed by atoms with Crippen molar-refractivity contribution in [3.63, 3.8) is 0 Å². The Balaban J connectivity index is 1.46. The molecule has 1 aliphatic rings. The van der Waals surface area contributed by atoms with Gasteiger partial charge in [0.15, 0.2) is 0 Å². The second-order valence-corrected chi connectivity index (χ2v) is 9.51. The number of amides is 1. The Morgan fingerprint density at radius 3 is 2.61 bits per heavy atom. The van der Waals surface area contributed by atoms with E-state index in [2.05, 4.69) is 15.3 Å². The highest BCUT2D eigenvalue weighted by Crippen LogP contribution is 2.45. The summed E-state index contributed by atoms with van der Waals surface area (Å²) in [4.78, 5) is 20.4. The number of alkyl halides is 3. The van der Waals surface area contributed by atoms with Gasteiger partial charge in [-0.2, -0.15) is 23.8 Å². The molecule has 7 nitrogen and oxygen atoms in total. The largest absolute Gasteiger partial charge is 0.439 e. The van der Waals surface area contributed by atoms with Crippen molar-refractivity contribution in [2.24, 2.45) is 0 Å². The quantitative estimate of drug-likeness (QED) is 0.529. The van der Waals surface area contributed by atoms with Gasteiger partial charge in [0.2, 0.25) is 5.88 Å². The molecule has 3 N–H and O–H groups in total. The SMILES string of the molecule is O=C(NC1CCS(O)(O)C1)c1ccc2cc(Oc3ccc(C(F)(F)F)cn3)ccc2n1. The molecule has 11 heteroatoms. The third kappa shape index (κ3) is 5.06. The fourth-order valence-corrected chi connectivity index (χ4v) is 4.94. The van der Waals surface area contributed by atoms with Gasteiger partial charge in [0.25, 0.3) is 5.91 Å². The lowest BCUT2D eigenvalue weighted by atomic mass is 10.2. The van der Waals surface area contributed by atoms with Crippen molar-refractivity contribution in [3.05, 3.63) is 59.9 Å². The molecule has 1 unspecified atom stereocenters. The van der Waals surface area contributed by atoms with Crippen LogP contribution >= 0.6 is 10.6 Å². The number of carbonyl (C=O) groups is 1. The number of halogens is 3. The average Bonchev–Trinajstić information content (AvgIpc) is 3.05. The van der Waals surface area contributed by atoms with Crippen molar-refractivity contribution in [3.8, 4) is 11.6 Å². The van der Waals surface area contributed by atoms with E-state index in [0.29, 0.717) is 29.3 Å². The maximum Gasteiger partial charge on any atom is 0.417 e. The first-order chi connectivity index (χ1) is 14.6. The summed E-state index contributed by atoms with van der Waals surface area (Å²) in [5.41, 5.74) is -0.152. The Morgan fingerprint density at radius 2 is 1.97 bits per heavy atom. The van der Waals surface area contributed by atoms with Crippen LogP contribution in [0.25, 0.3) is 10.9 Å². The van der Waals surface area contributed by atoms with Gasteiger partial charge >= 0.3 is 6.18 Å². The van der Waals surface area contributed by atoms with Crippen molar-refractivity contribution in [2.45, 2.75) is 18.6 Å². The number of rotatable bonds is 4. The smallest absolute Gasteiger partial charge is 0.417 e. The van der Waals surface area contributed by atoms with Crippen molar-refractivity contribution < 1.29 is 31.8 Å². The van der Waals surface area contributed by atoms with E-state index in [9.17, 15) is 27.1 Å². The van der Waals surface area contributed by atoms with Crippen LogP contribution in [0.5, 0.6) is 11.6 Å². The molecule has 0 saturated carbocycles. The number of benzene rings is 1. The molecule has 0 bridgehead atoms. The normalized spacial score (nSPS) is 19.2. The number of aromatic nitrogens is 2. The minimum Gasteiger partial charge on any atom is -0.439 e. The molecule has 0 radical (unpaired) electrons. The molecule has 1 aromatic carbocycles. The number of hydrogen-bond donors (Lipinski definition) is 3. The number of nitrogens with zero attached hydrogens (tertiary/aromatic N) is 2. The maximum atomic E-state index is 12.6. The lowest BCUT2D eigenvalue weighted by Gasteiger charge is -2.25. The van der Waals surface area contributed by atoms with Crippen LogP contribution in [0.2, 0.25) is 0 Å². The zero-order chi connectivity index (χ0) is 22.2. The summed E-state index contributed by atoms with van der Waals surface area (Å²) in [6, 6.07) is 9.76. The molecule has 3 aromatic rings. The number of nitrogens with one attached hydrogen (secondary N) is 1.